The lowest BCUT2D eigenvalue weighted by molar-refractivity contribution is -0.115. The third-order valence-electron chi connectivity index (χ3n) is 5.26. The number of H-pyrrole nitrogens is 1. The molecule has 4 rings (SSSR count). The number of aromatic amines is 1. The third kappa shape index (κ3) is 3.69. The first-order chi connectivity index (χ1) is 13.6. The minimum atomic E-state index is -0.0286. The van der Waals surface area contributed by atoms with Crippen LogP contribution in [0.4, 0.5) is 5.69 Å². The highest BCUT2D eigenvalue weighted by molar-refractivity contribution is 5.92. The van der Waals surface area contributed by atoms with Gasteiger partial charge in [0, 0.05) is 35.5 Å². The van der Waals surface area contributed by atoms with E-state index in [-0.39, 0.29) is 5.91 Å². The van der Waals surface area contributed by atoms with Crippen LogP contribution in [0.1, 0.15) is 55.4 Å². The van der Waals surface area contributed by atoms with Gasteiger partial charge in [-0.25, -0.2) is 4.98 Å². The van der Waals surface area contributed by atoms with Gasteiger partial charge in [-0.3, -0.25) is 14.6 Å². The van der Waals surface area contributed by atoms with E-state index >= 15 is 0 Å². The van der Waals surface area contributed by atoms with Crippen molar-refractivity contribution < 1.29 is 4.79 Å². The number of anilines is 1. The quantitative estimate of drug-likeness (QED) is 0.660. The zero-order valence-corrected chi connectivity index (χ0v) is 16.6. The lowest BCUT2D eigenvalue weighted by atomic mass is 10.1. The van der Waals surface area contributed by atoms with Gasteiger partial charge in [-0.2, -0.15) is 10.2 Å². The molecule has 1 saturated carbocycles. The maximum atomic E-state index is 12.6. The Labute approximate surface area is 164 Å². The number of benzene rings is 1. The van der Waals surface area contributed by atoms with Crippen LogP contribution in [0, 0.1) is 0 Å². The van der Waals surface area contributed by atoms with Gasteiger partial charge in [0.15, 0.2) is 5.82 Å². The van der Waals surface area contributed by atoms with Crippen molar-refractivity contribution in [1.29, 1.82) is 0 Å². The summed E-state index contributed by atoms with van der Waals surface area (Å²) in [5.41, 5.74) is 4.89. The van der Waals surface area contributed by atoms with E-state index in [1.807, 2.05) is 36.0 Å². The van der Waals surface area contributed by atoms with Crippen molar-refractivity contribution >= 4 is 11.6 Å². The molecule has 7 heteroatoms. The maximum absolute atomic E-state index is 12.6. The molecule has 7 nitrogen and oxygen atoms in total. The molecule has 2 heterocycles. The number of nitrogens with zero attached hydrogens (tertiary/aromatic N) is 4. The average molecular weight is 378 g/mol. The molecule has 0 bridgehead atoms. The molecule has 0 atom stereocenters. The summed E-state index contributed by atoms with van der Waals surface area (Å²) in [6.07, 6.45) is 4.41. The highest BCUT2D eigenvalue weighted by atomic mass is 16.1. The number of hydrogen-bond acceptors (Lipinski definition) is 4. The molecule has 1 aromatic carbocycles. The molecular formula is C21H26N6O. The number of hydrogen-bond donors (Lipinski definition) is 2. The lowest BCUT2D eigenvalue weighted by Gasteiger charge is -2.08. The standard InChI is InChI=1S/C21H26N6O/c1-4-17-16(18(5-2)27(3)26-17)12-19(28)22-15-10-8-14(9-11-15)21-23-20(24-25-21)13-6-7-13/h8-11,13H,4-7,12H2,1-3H3,(H,22,28)(H,23,24,25). The second-order valence-electron chi connectivity index (χ2n) is 7.32. The highest BCUT2D eigenvalue weighted by Crippen LogP contribution is 2.38. The van der Waals surface area contributed by atoms with Crippen LogP contribution >= 0.6 is 0 Å². The zero-order chi connectivity index (χ0) is 19.7. The topological polar surface area (TPSA) is 88.5 Å². The van der Waals surface area contributed by atoms with Crippen LogP contribution in [0.15, 0.2) is 24.3 Å². The van der Waals surface area contributed by atoms with Crippen LogP contribution in [0.3, 0.4) is 0 Å². The molecule has 146 valence electrons. The minimum Gasteiger partial charge on any atom is -0.326 e. The van der Waals surface area contributed by atoms with Crippen molar-refractivity contribution in [2.24, 2.45) is 7.05 Å². The van der Waals surface area contributed by atoms with Crippen molar-refractivity contribution in [3.8, 4) is 11.4 Å². The first kappa shape index (κ1) is 18.4. The molecule has 2 N–H and O–H groups in total. The first-order valence-electron chi connectivity index (χ1n) is 9.95. The largest absolute Gasteiger partial charge is 0.326 e. The molecule has 2 aromatic heterocycles. The fourth-order valence-corrected chi connectivity index (χ4v) is 3.61. The summed E-state index contributed by atoms with van der Waals surface area (Å²) in [6.45, 7) is 4.16. The van der Waals surface area contributed by atoms with Gasteiger partial charge in [0.1, 0.15) is 5.82 Å². The van der Waals surface area contributed by atoms with Crippen LogP contribution in [0.25, 0.3) is 11.4 Å². The van der Waals surface area contributed by atoms with E-state index in [1.54, 1.807) is 0 Å². The Hall–Kier alpha value is -2.96. The maximum Gasteiger partial charge on any atom is 0.228 e. The summed E-state index contributed by atoms with van der Waals surface area (Å²) in [4.78, 5) is 17.2. The van der Waals surface area contributed by atoms with E-state index < -0.39 is 0 Å². The second kappa shape index (κ2) is 7.58. The summed E-state index contributed by atoms with van der Waals surface area (Å²) in [6, 6.07) is 7.67. The van der Waals surface area contributed by atoms with Crippen LogP contribution in [-0.4, -0.2) is 30.9 Å². The minimum absolute atomic E-state index is 0.0286. The van der Waals surface area contributed by atoms with Gasteiger partial charge >= 0.3 is 0 Å². The van der Waals surface area contributed by atoms with E-state index in [9.17, 15) is 4.79 Å². The summed E-state index contributed by atoms with van der Waals surface area (Å²) >= 11 is 0. The Morgan fingerprint density at radius 1 is 1.21 bits per heavy atom. The van der Waals surface area contributed by atoms with Gasteiger partial charge in [0.05, 0.1) is 12.1 Å². The molecular weight excluding hydrogens is 352 g/mol. The normalized spacial score (nSPS) is 13.7. The SMILES string of the molecule is CCc1nn(C)c(CC)c1CC(=O)Nc1ccc(-c2n[nH]c(C3CC3)n2)cc1. The molecule has 28 heavy (non-hydrogen) atoms. The van der Waals surface area contributed by atoms with Crippen molar-refractivity contribution in [2.75, 3.05) is 5.32 Å². The molecule has 1 aliphatic rings. The van der Waals surface area contributed by atoms with Crippen LogP contribution in [-0.2, 0) is 31.1 Å². The Kier molecular flexibility index (Phi) is 4.98. The van der Waals surface area contributed by atoms with Crippen molar-refractivity contribution in [3.05, 3.63) is 47.0 Å². The van der Waals surface area contributed by atoms with Gasteiger partial charge in [0.2, 0.25) is 5.91 Å². The number of carbonyl (C=O) groups is 1. The molecule has 1 fully saturated rings. The summed E-state index contributed by atoms with van der Waals surface area (Å²) < 4.78 is 1.89. The third-order valence-corrected chi connectivity index (χ3v) is 5.26. The highest BCUT2D eigenvalue weighted by Gasteiger charge is 2.27. The Morgan fingerprint density at radius 3 is 2.61 bits per heavy atom. The Balaban J connectivity index is 1.43. The summed E-state index contributed by atoms with van der Waals surface area (Å²) in [7, 11) is 1.94. The molecule has 1 amide bonds. The summed E-state index contributed by atoms with van der Waals surface area (Å²) in [5, 5.41) is 14.9. The molecule has 0 radical (unpaired) electrons. The second-order valence-corrected chi connectivity index (χ2v) is 7.32. The van der Waals surface area contributed by atoms with E-state index in [1.165, 1.54) is 12.8 Å². The van der Waals surface area contributed by atoms with Gasteiger partial charge < -0.3 is 5.32 Å². The zero-order valence-electron chi connectivity index (χ0n) is 16.6. The van der Waals surface area contributed by atoms with Crippen LogP contribution < -0.4 is 5.32 Å². The van der Waals surface area contributed by atoms with Gasteiger partial charge in [-0.15, -0.1) is 0 Å². The van der Waals surface area contributed by atoms with E-state index in [0.29, 0.717) is 18.2 Å². The molecule has 0 unspecified atom stereocenters. The van der Waals surface area contributed by atoms with Gasteiger partial charge in [-0.05, 0) is 49.9 Å². The predicted molar refractivity (Wildman–Crippen MR) is 108 cm³/mol. The fourth-order valence-electron chi connectivity index (χ4n) is 3.61. The average Bonchev–Trinajstić information content (AvgIpc) is 3.34. The lowest BCUT2D eigenvalue weighted by Crippen LogP contribution is -2.16. The van der Waals surface area contributed by atoms with Crippen LogP contribution in [0.5, 0.6) is 0 Å². The monoisotopic (exact) mass is 378 g/mol. The first-order valence-corrected chi connectivity index (χ1v) is 9.95. The Morgan fingerprint density at radius 2 is 1.96 bits per heavy atom. The predicted octanol–water partition coefficient (Wildman–Crippen LogP) is 3.39. The number of carbonyl (C=O) groups excluding carboxylic acids is 1. The molecule has 1 aliphatic carbocycles. The molecule has 0 saturated heterocycles. The number of aromatic nitrogens is 5. The molecule has 3 aromatic rings. The molecule has 0 spiro atoms. The fraction of sp³-hybridized carbons (Fsp3) is 0.429. The number of rotatable bonds is 7. The van der Waals surface area contributed by atoms with Crippen LogP contribution in [0.2, 0.25) is 0 Å². The van der Waals surface area contributed by atoms with Gasteiger partial charge in [-0.1, -0.05) is 13.8 Å². The summed E-state index contributed by atoms with van der Waals surface area (Å²) in [5.74, 6) is 2.20. The number of nitrogens with one attached hydrogen (secondary N) is 2. The van der Waals surface area contributed by atoms with Crippen molar-refractivity contribution in [2.45, 2.75) is 51.9 Å². The van der Waals surface area contributed by atoms with E-state index in [2.05, 4.69) is 39.4 Å². The Bertz CT molecular complexity index is 981. The van der Waals surface area contributed by atoms with Crippen molar-refractivity contribution in [3.63, 3.8) is 0 Å². The number of amides is 1. The van der Waals surface area contributed by atoms with E-state index in [4.69, 9.17) is 0 Å². The van der Waals surface area contributed by atoms with E-state index in [0.717, 1.165) is 46.9 Å². The number of aryl methyl sites for hydroxylation is 2. The van der Waals surface area contributed by atoms with Gasteiger partial charge in [0.25, 0.3) is 0 Å². The van der Waals surface area contributed by atoms with Crippen molar-refractivity contribution in [1.82, 2.24) is 25.0 Å². The molecule has 0 aliphatic heterocycles. The smallest absolute Gasteiger partial charge is 0.228 e.